The Morgan fingerprint density at radius 2 is 2.26 bits per heavy atom. The minimum Gasteiger partial charge on any atom is -0.508 e. The third-order valence-electron chi connectivity index (χ3n) is 7.17. The first-order valence-electron chi connectivity index (χ1n) is 9.80. The minimum atomic E-state index is -0.794. The van der Waals surface area contributed by atoms with Crippen LogP contribution < -0.4 is 0 Å². The van der Waals surface area contributed by atoms with E-state index >= 15 is 0 Å². The highest BCUT2D eigenvalue weighted by Gasteiger charge is 2.63. The summed E-state index contributed by atoms with van der Waals surface area (Å²) in [5, 5.41) is 21.5. The van der Waals surface area contributed by atoms with Gasteiger partial charge >= 0.3 is 5.97 Å². The highest BCUT2D eigenvalue weighted by Crippen LogP contribution is 2.55. The van der Waals surface area contributed by atoms with Gasteiger partial charge in [-0.15, -0.1) is 0 Å². The maximum atomic E-state index is 13.3. The molecule has 1 unspecified atom stereocenters. The van der Waals surface area contributed by atoms with Gasteiger partial charge in [0.1, 0.15) is 11.2 Å². The topological polar surface area (TPSA) is 85.8 Å². The van der Waals surface area contributed by atoms with E-state index < -0.39 is 11.5 Å². The molecule has 2 aromatic rings. The van der Waals surface area contributed by atoms with E-state index in [0.29, 0.717) is 5.92 Å². The number of phenols is 1. The summed E-state index contributed by atoms with van der Waals surface area (Å²) in [7, 11) is 1.46. The summed E-state index contributed by atoms with van der Waals surface area (Å²) in [5.41, 5.74) is 2.14. The molecule has 0 amide bonds. The average Bonchev–Trinajstić information content (AvgIpc) is 2.98. The van der Waals surface area contributed by atoms with Crippen LogP contribution in [0.3, 0.4) is 0 Å². The number of phenolic OH excluding ortho intramolecular Hbond substituents is 1. The molecule has 3 fully saturated rings. The van der Waals surface area contributed by atoms with Gasteiger partial charge in [0.15, 0.2) is 0 Å². The standard InChI is InChI=1S/C21H26N2O4/c1-11(24)16-7-12-9-21(20(26)27-2)18-15(5-6-23(10-12)19(16)21)14-4-3-13(25)8-17(14)22-18/h3-4,8,11-12,16,19,22,24-25H,5-7,9-10H2,1-2H3/t11-,12+,16-,19-,21+/m0/s1. The molecule has 6 nitrogen and oxygen atoms in total. The Balaban J connectivity index is 1.80. The lowest BCUT2D eigenvalue weighted by molar-refractivity contribution is -0.166. The molecule has 1 saturated carbocycles. The fourth-order valence-corrected chi connectivity index (χ4v) is 6.27. The van der Waals surface area contributed by atoms with Gasteiger partial charge < -0.3 is 19.9 Å². The van der Waals surface area contributed by atoms with Crippen LogP contribution in [0, 0.1) is 11.8 Å². The average molecular weight is 370 g/mol. The Bertz CT molecular complexity index is 920. The lowest BCUT2D eigenvalue weighted by Crippen LogP contribution is -2.68. The van der Waals surface area contributed by atoms with Crippen molar-refractivity contribution >= 4 is 16.9 Å². The second-order valence-corrected chi connectivity index (χ2v) is 8.57. The van der Waals surface area contributed by atoms with Crippen LogP contribution in [0.2, 0.25) is 0 Å². The number of methoxy groups -OCH3 is 1. The molecule has 27 heavy (non-hydrogen) atoms. The van der Waals surface area contributed by atoms with Crippen molar-refractivity contribution in [1.29, 1.82) is 0 Å². The van der Waals surface area contributed by atoms with Crippen molar-refractivity contribution < 1.29 is 19.7 Å². The van der Waals surface area contributed by atoms with Gasteiger partial charge in [-0.3, -0.25) is 9.69 Å². The van der Waals surface area contributed by atoms with E-state index in [9.17, 15) is 15.0 Å². The number of aromatic hydroxyl groups is 1. The summed E-state index contributed by atoms with van der Waals surface area (Å²) in [4.78, 5) is 19.2. The van der Waals surface area contributed by atoms with Gasteiger partial charge in [-0.25, -0.2) is 0 Å². The lowest BCUT2D eigenvalue weighted by Gasteiger charge is -2.58. The van der Waals surface area contributed by atoms with Crippen molar-refractivity contribution in [2.24, 2.45) is 11.8 Å². The van der Waals surface area contributed by atoms with Gasteiger partial charge in [0, 0.05) is 47.7 Å². The molecule has 2 saturated heterocycles. The number of fused-ring (bicyclic) bond motifs is 4. The molecule has 0 spiro atoms. The molecule has 1 aliphatic carbocycles. The number of nitrogens with zero attached hydrogens (tertiary/aromatic N) is 1. The summed E-state index contributed by atoms with van der Waals surface area (Å²) in [5.74, 6) is 0.396. The number of esters is 1. The molecule has 6 atom stereocenters. The van der Waals surface area contributed by atoms with Crippen molar-refractivity contribution in [3.63, 3.8) is 0 Å². The molecule has 0 radical (unpaired) electrons. The highest BCUT2D eigenvalue weighted by atomic mass is 16.5. The van der Waals surface area contributed by atoms with E-state index in [1.54, 1.807) is 12.1 Å². The van der Waals surface area contributed by atoms with Crippen LogP contribution in [-0.2, 0) is 21.4 Å². The fourth-order valence-electron chi connectivity index (χ4n) is 6.27. The number of rotatable bonds is 2. The van der Waals surface area contributed by atoms with Crippen molar-refractivity contribution in [3.8, 4) is 5.75 Å². The van der Waals surface area contributed by atoms with Gasteiger partial charge in [0.25, 0.3) is 0 Å². The Kier molecular flexibility index (Phi) is 3.62. The summed E-state index contributed by atoms with van der Waals surface area (Å²) >= 11 is 0. The number of hydrogen-bond acceptors (Lipinski definition) is 5. The Hall–Kier alpha value is -2.05. The number of benzene rings is 1. The molecule has 6 rings (SSSR count). The van der Waals surface area contributed by atoms with Crippen molar-refractivity contribution in [3.05, 3.63) is 29.5 Å². The van der Waals surface area contributed by atoms with Crippen LogP contribution >= 0.6 is 0 Å². The van der Waals surface area contributed by atoms with Crippen LogP contribution in [0.25, 0.3) is 10.9 Å². The Morgan fingerprint density at radius 1 is 1.44 bits per heavy atom. The molecule has 6 heteroatoms. The largest absolute Gasteiger partial charge is 0.508 e. The molecular formula is C21H26N2O4. The first kappa shape index (κ1) is 17.1. The quantitative estimate of drug-likeness (QED) is 0.704. The molecule has 1 aromatic carbocycles. The molecule has 4 heterocycles. The Labute approximate surface area is 158 Å². The SMILES string of the molecule is COC(=O)[C@@]12C[C@H]3C[C@@H]([C@H](C)O)[C@@H]1N(CCc1c2[nH]c2cc(O)ccc12)C3. The van der Waals surface area contributed by atoms with E-state index in [2.05, 4.69) is 9.88 Å². The maximum Gasteiger partial charge on any atom is 0.319 e. The molecular weight excluding hydrogens is 344 g/mol. The predicted octanol–water partition coefficient (Wildman–Crippen LogP) is 1.93. The number of piperidine rings is 2. The van der Waals surface area contributed by atoms with Crippen LogP contribution in [0.1, 0.15) is 31.0 Å². The van der Waals surface area contributed by atoms with Crippen molar-refractivity contribution in [1.82, 2.24) is 9.88 Å². The van der Waals surface area contributed by atoms with Gasteiger partial charge in [-0.2, -0.15) is 0 Å². The predicted molar refractivity (Wildman–Crippen MR) is 101 cm³/mol. The van der Waals surface area contributed by atoms with Crippen LogP contribution in [0.5, 0.6) is 5.75 Å². The van der Waals surface area contributed by atoms with E-state index in [0.717, 1.165) is 54.5 Å². The number of aliphatic hydroxyl groups excluding tert-OH is 1. The molecule has 4 bridgehead atoms. The zero-order chi connectivity index (χ0) is 18.9. The highest BCUT2D eigenvalue weighted by molar-refractivity contribution is 5.92. The number of H-pyrrole nitrogens is 1. The van der Waals surface area contributed by atoms with Crippen LogP contribution in [0.15, 0.2) is 18.2 Å². The zero-order valence-electron chi connectivity index (χ0n) is 15.7. The van der Waals surface area contributed by atoms with E-state index in [1.807, 2.05) is 13.0 Å². The lowest BCUT2D eigenvalue weighted by atomic mass is 9.56. The second kappa shape index (κ2) is 5.72. The monoisotopic (exact) mass is 370 g/mol. The number of aliphatic hydroxyl groups is 1. The van der Waals surface area contributed by atoms with Gasteiger partial charge in [-0.05, 0) is 49.8 Å². The molecule has 3 aliphatic heterocycles. The van der Waals surface area contributed by atoms with Crippen LogP contribution in [-0.4, -0.2) is 58.4 Å². The van der Waals surface area contributed by atoms with E-state index in [1.165, 1.54) is 7.11 Å². The number of aromatic nitrogens is 1. The van der Waals surface area contributed by atoms with Crippen molar-refractivity contribution in [2.75, 3.05) is 20.2 Å². The summed E-state index contributed by atoms with van der Waals surface area (Å²) in [6.07, 6.45) is 2.07. The number of nitrogens with one attached hydrogen (secondary N) is 1. The summed E-state index contributed by atoms with van der Waals surface area (Å²) < 4.78 is 5.36. The normalized spacial score (nSPS) is 35.5. The third kappa shape index (κ3) is 2.17. The van der Waals surface area contributed by atoms with Gasteiger partial charge in [-0.1, -0.05) is 0 Å². The summed E-state index contributed by atoms with van der Waals surface area (Å²) in [6.45, 7) is 3.69. The maximum absolute atomic E-state index is 13.3. The van der Waals surface area contributed by atoms with Crippen LogP contribution in [0.4, 0.5) is 0 Å². The summed E-state index contributed by atoms with van der Waals surface area (Å²) in [6, 6.07) is 5.28. The number of ether oxygens (including phenoxy) is 1. The van der Waals surface area contributed by atoms with Gasteiger partial charge in [0.05, 0.1) is 13.2 Å². The third-order valence-corrected chi connectivity index (χ3v) is 7.17. The number of carbonyl (C=O) groups excluding carboxylic acids is 1. The number of hydrogen-bond donors (Lipinski definition) is 3. The number of carbonyl (C=O) groups is 1. The molecule has 1 aromatic heterocycles. The second-order valence-electron chi connectivity index (χ2n) is 8.57. The molecule has 144 valence electrons. The van der Waals surface area contributed by atoms with E-state index in [-0.39, 0.29) is 23.7 Å². The Morgan fingerprint density at radius 3 is 3.00 bits per heavy atom. The van der Waals surface area contributed by atoms with Crippen molar-refractivity contribution in [2.45, 2.75) is 43.7 Å². The van der Waals surface area contributed by atoms with E-state index in [4.69, 9.17) is 4.74 Å². The molecule has 4 aliphatic rings. The first-order chi connectivity index (χ1) is 13.0. The smallest absolute Gasteiger partial charge is 0.319 e. The van der Waals surface area contributed by atoms with Gasteiger partial charge in [0.2, 0.25) is 0 Å². The minimum absolute atomic E-state index is 0.0439. The number of aromatic amines is 1. The zero-order valence-corrected chi connectivity index (χ0v) is 15.7. The molecule has 3 N–H and O–H groups in total. The first-order valence-corrected chi connectivity index (χ1v) is 9.80. The fraction of sp³-hybridized carbons (Fsp3) is 0.571.